The fourth-order valence-electron chi connectivity index (χ4n) is 2.39. The van der Waals surface area contributed by atoms with Crippen LogP contribution in [0.1, 0.15) is 11.3 Å². The number of hydrogen-bond donors (Lipinski definition) is 3. The molecule has 4 N–H and O–H groups in total. The quantitative estimate of drug-likeness (QED) is 0.670. The number of imidazole rings is 1. The summed E-state index contributed by atoms with van der Waals surface area (Å²) in [4.78, 5) is 19.0. The molecule has 0 aliphatic carbocycles. The van der Waals surface area contributed by atoms with E-state index in [1.165, 1.54) is 5.39 Å². The Bertz CT molecular complexity index is 767. The van der Waals surface area contributed by atoms with Crippen LogP contribution < -0.4 is 11.1 Å². The summed E-state index contributed by atoms with van der Waals surface area (Å²) < 4.78 is 0. The average Bonchev–Trinajstić information content (AvgIpc) is 3.05. The molecule has 1 atom stereocenters. The Balaban J connectivity index is 1.59. The number of rotatable bonds is 5. The summed E-state index contributed by atoms with van der Waals surface area (Å²) in [7, 11) is 0. The van der Waals surface area contributed by atoms with Gasteiger partial charge in [0.15, 0.2) is 0 Å². The van der Waals surface area contributed by atoms with Crippen LogP contribution in [0.25, 0.3) is 10.8 Å². The summed E-state index contributed by atoms with van der Waals surface area (Å²) in [6.45, 7) is 0.470. The minimum absolute atomic E-state index is 0.170. The third-order valence-corrected chi connectivity index (χ3v) is 3.60. The van der Waals surface area contributed by atoms with E-state index in [1.54, 1.807) is 12.5 Å². The lowest BCUT2D eigenvalue weighted by Gasteiger charge is -2.11. The largest absolute Gasteiger partial charge is 0.351 e. The highest BCUT2D eigenvalue weighted by atomic mass is 16.2. The monoisotopic (exact) mass is 294 g/mol. The minimum atomic E-state index is -0.594. The summed E-state index contributed by atoms with van der Waals surface area (Å²) in [6, 6.07) is 13.7. The third-order valence-electron chi connectivity index (χ3n) is 3.60. The minimum Gasteiger partial charge on any atom is -0.351 e. The number of carbonyl (C=O) groups is 1. The molecule has 22 heavy (non-hydrogen) atoms. The molecule has 0 fully saturated rings. The molecule has 3 aromatic rings. The van der Waals surface area contributed by atoms with Gasteiger partial charge in [0.25, 0.3) is 0 Å². The molecular formula is C17H18N4O. The molecule has 5 heteroatoms. The first-order valence-corrected chi connectivity index (χ1v) is 7.21. The van der Waals surface area contributed by atoms with E-state index in [0.717, 1.165) is 16.6 Å². The van der Waals surface area contributed by atoms with Gasteiger partial charge in [-0.3, -0.25) is 4.79 Å². The highest BCUT2D eigenvalue weighted by Gasteiger charge is 2.14. The standard InChI is InChI=1S/C17H18N4O/c18-16(8-15-10-19-11-21-15)17(22)20-9-12-5-6-13-3-1-2-4-14(13)7-12/h1-7,10-11,16H,8-9,18H2,(H,19,21)(H,20,22)/t16-/m0/s1. The van der Waals surface area contributed by atoms with Gasteiger partial charge in [0.1, 0.15) is 0 Å². The van der Waals surface area contributed by atoms with Gasteiger partial charge in [-0.15, -0.1) is 0 Å². The SMILES string of the molecule is N[C@@H](Cc1c[nH]cn1)C(=O)NCc1ccc2ccccc2c1. The third kappa shape index (κ3) is 3.32. The number of hydrogen-bond acceptors (Lipinski definition) is 3. The highest BCUT2D eigenvalue weighted by Crippen LogP contribution is 2.15. The van der Waals surface area contributed by atoms with Crippen molar-refractivity contribution in [1.82, 2.24) is 15.3 Å². The molecule has 0 saturated carbocycles. The van der Waals surface area contributed by atoms with Crippen LogP contribution >= 0.6 is 0 Å². The smallest absolute Gasteiger partial charge is 0.237 e. The molecule has 0 aliphatic rings. The Morgan fingerprint density at radius 2 is 2.05 bits per heavy atom. The Kier molecular flexibility index (Phi) is 4.16. The Morgan fingerprint density at radius 3 is 2.82 bits per heavy atom. The predicted molar refractivity (Wildman–Crippen MR) is 86.1 cm³/mol. The maximum Gasteiger partial charge on any atom is 0.237 e. The van der Waals surface area contributed by atoms with E-state index in [2.05, 4.69) is 39.6 Å². The zero-order chi connectivity index (χ0) is 15.4. The number of nitrogens with zero attached hydrogens (tertiary/aromatic N) is 1. The number of aromatic nitrogens is 2. The number of nitrogens with one attached hydrogen (secondary N) is 2. The second kappa shape index (κ2) is 6.41. The molecule has 5 nitrogen and oxygen atoms in total. The fourth-order valence-corrected chi connectivity index (χ4v) is 2.39. The van der Waals surface area contributed by atoms with Crippen LogP contribution in [-0.2, 0) is 17.8 Å². The first-order chi connectivity index (χ1) is 10.7. The molecular weight excluding hydrogens is 276 g/mol. The van der Waals surface area contributed by atoms with Crippen molar-refractivity contribution < 1.29 is 4.79 Å². The summed E-state index contributed by atoms with van der Waals surface area (Å²) in [5.74, 6) is -0.170. The van der Waals surface area contributed by atoms with Crippen LogP contribution in [0.3, 0.4) is 0 Å². The van der Waals surface area contributed by atoms with Gasteiger partial charge in [0.05, 0.1) is 18.1 Å². The molecule has 0 unspecified atom stereocenters. The van der Waals surface area contributed by atoms with Gasteiger partial charge >= 0.3 is 0 Å². The first-order valence-electron chi connectivity index (χ1n) is 7.21. The number of benzene rings is 2. The number of nitrogens with two attached hydrogens (primary N) is 1. The van der Waals surface area contributed by atoms with Crippen LogP contribution in [-0.4, -0.2) is 21.9 Å². The molecule has 1 amide bonds. The van der Waals surface area contributed by atoms with Crippen molar-refractivity contribution in [2.45, 2.75) is 19.0 Å². The molecule has 0 spiro atoms. The normalized spacial score (nSPS) is 12.2. The number of carbonyl (C=O) groups excluding carboxylic acids is 1. The lowest BCUT2D eigenvalue weighted by atomic mass is 10.1. The molecule has 2 aromatic carbocycles. The van der Waals surface area contributed by atoms with Crippen LogP contribution in [0.4, 0.5) is 0 Å². The van der Waals surface area contributed by atoms with Crippen LogP contribution in [0.2, 0.25) is 0 Å². The van der Waals surface area contributed by atoms with Crippen molar-refractivity contribution in [3.63, 3.8) is 0 Å². The van der Waals surface area contributed by atoms with Gasteiger partial charge in [-0.1, -0.05) is 36.4 Å². The van der Waals surface area contributed by atoms with E-state index in [0.29, 0.717) is 13.0 Å². The summed E-state index contributed by atoms with van der Waals surface area (Å²) in [6.07, 6.45) is 3.75. The lowest BCUT2D eigenvalue weighted by Crippen LogP contribution is -2.41. The second-order valence-electron chi connectivity index (χ2n) is 5.27. The fraction of sp³-hybridized carbons (Fsp3) is 0.176. The maximum atomic E-state index is 12.0. The second-order valence-corrected chi connectivity index (χ2v) is 5.27. The number of H-pyrrole nitrogens is 1. The van der Waals surface area contributed by atoms with E-state index in [4.69, 9.17) is 5.73 Å². The Hall–Kier alpha value is -2.66. The van der Waals surface area contributed by atoms with Crippen molar-refractivity contribution in [2.75, 3.05) is 0 Å². The molecule has 1 aromatic heterocycles. The zero-order valence-electron chi connectivity index (χ0n) is 12.1. The van der Waals surface area contributed by atoms with Crippen LogP contribution in [0, 0.1) is 0 Å². The number of aromatic amines is 1. The lowest BCUT2D eigenvalue weighted by molar-refractivity contribution is -0.122. The van der Waals surface area contributed by atoms with Crippen LogP contribution in [0.15, 0.2) is 55.0 Å². The molecule has 112 valence electrons. The van der Waals surface area contributed by atoms with E-state index < -0.39 is 6.04 Å². The van der Waals surface area contributed by atoms with Crippen molar-refractivity contribution >= 4 is 16.7 Å². The molecule has 0 bridgehead atoms. The zero-order valence-corrected chi connectivity index (χ0v) is 12.1. The molecule has 3 rings (SSSR count). The van der Waals surface area contributed by atoms with Crippen LogP contribution in [0.5, 0.6) is 0 Å². The molecule has 0 saturated heterocycles. The van der Waals surface area contributed by atoms with Gasteiger partial charge in [-0.25, -0.2) is 4.98 Å². The number of amides is 1. The molecule has 1 heterocycles. The van der Waals surface area contributed by atoms with Crippen molar-refractivity contribution in [1.29, 1.82) is 0 Å². The molecule has 0 radical (unpaired) electrons. The summed E-state index contributed by atoms with van der Waals surface area (Å²) in [5, 5.41) is 5.22. The summed E-state index contributed by atoms with van der Waals surface area (Å²) in [5.41, 5.74) is 7.74. The van der Waals surface area contributed by atoms with E-state index in [9.17, 15) is 4.79 Å². The maximum absolute atomic E-state index is 12.0. The Morgan fingerprint density at radius 1 is 1.23 bits per heavy atom. The van der Waals surface area contributed by atoms with Gasteiger partial charge in [-0.05, 0) is 22.4 Å². The summed E-state index contributed by atoms with van der Waals surface area (Å²) >= 11 is 0. The van der Waals surface area contributed by atoms with Crippen molar-refractivity contribution in [2.24, 2.45) is 5.73 Å². The van der Waals surface area contributed by atoms with E-state index in [-0.39, 0.29) is 5.91 Å². The van der Waals surface area contributed by atoms with Crippen molar-refractivity contribution in [3.05, 3.63) is 66.2 Å². The predicted octanol–water partition coefficient (Wildman–Crippen LogP) is 1.75. The van der Waals surface area contributed by atoms with E-state index in [1.807, 2.05) is 18.2 Å². The average molecular weight is 294 g/mol. The topological polar surface area (TPSA) is 83.8 Å². The van der Waals surface area contributed by atoms with E-state index >= 15 is 0 Å². The Labute approximate surface area is 128 Å². The van der Waals surface area contributed by atoms with Gasteiger partial charge < -0.3 is 16.0 Å². The first kappa shape index (κ1) is 14.3. The van der Waals surface area contributed by atoms with Gasteiger partial charge in [0, 0.05) is 19.2 Å². The van der Waals surface area contributed by atoms with Crippen molar-refractivity contribution in [3.8, 4) is 0 Å². The van der Waals surface area contributed by atoms with Gasteiger partial charge in [0.2, 0.25) is 5.91 Å². The van der Waals surface area contributed by atoms with Gasteiger partial charge in [-0.2, -0.15) is 0 Å². The number of fused-ring (bicyclic) bond motifs is 1. The molecule has 0 aliphatic heterocycles. The highest BCUT2D eigenvalue weighted by molar-refractivity contribution is 5.84.